The van der Waals surface area contributed by atoms with Gasteiger partial charge in [-0.3, -0.25) is 0 Å². The van der Waals surface area contributed by atoms with E-state index in [1.54, 1.807) is 0 Å². The molecule has 6 heteroatoms. The second kappa shape index (κ2) is 5.51. The van der Waals surface area contributed by atoms with Gasteiger partial charge in [0, 0.05) is 13.1 Å². The van der Waals surface area contributed by atoms with E-state index in [1.807, 2.05) is 13.8 Å². The quantitative estimate of drug-likeness (QED) is 0.928. The summed E-state index contributed by atoms with van der Waals surface area (Å²) in [6, 6.07) is 2.14. The monoisotopic (exact) mass is 295 g/mol. The van der Waals surface area contributed by atoms with Crippen molar-refractivity contribution in [3.63, 3.8) is 0 Å². The predicted octanol–water partition coefficient (Wildman–Crippen LogP) is 2.60. The number of morpholine rings is 1. The molecule has 0 amide bonds. The lowest BCUT2D eigenvalue weighted by molar-refractivity contribution is -0.0276. The van der Waals surface area contributed by atoms with Crippen molar-refractivity contribution in [2.75, 3.05) is 30.3 Å². The van der Waals surface area contributed by atoms with Crippen LogP contribution in [0, 0.1) is 11.3 Å². The van der Waals surface area contributed by atoms with Crippen LogP contribution in [-0.2, 0) is 4.74 Å². The highest BCUT2D eigenvalue weighted by atomic mass is 32.1. The molecule has 2 N–H and O–H groups in total. The lowest BCUT2D eigenvalue weighted by atomic mass is 10.1. The summed E-state index contributed by atoms with van der Waals surface area (Å²) in [5.41, 5.74) is 6.28. The number of nitrogen functional groups attached to an aromatic ring is 1. The van der Waals surface area contributed by atoms with Gasteiger partial charge in [-0.25, -0.2) is 0 Å². The van der Waals surface area contributed by atoms with Crippen LogP contribution in [0.3, 0.4) is 0 Å². The van der Waals surface area contributed by atoms with Crippen molar-refractivity contribution in [1.82, 2.24) is 0 Å². The van der Waals surface area contributed by atoms with E-state index in [0.717, 1.165) is 18.1 Å². The Kier molecular flexibility index (Phi) is 4.11. The minimum atomic E-state index is -0.209. The first-order valence-corrected chi connectivity index (χ1v) is 7.53. The molecule has 1 saturated heterocycles. The Morgan fingerprint density at radius 1 is 1.50 bits per heavy atom. The van der Waals surface area contributed by atoms with Crippen LogP contribution in [0.4, 0.5) is 10.7 Å². The van der Waals surface area contributed by atoms with Gasteiger partial charge in [-0.15, -0.1) is 11.3 Å². The van der Waals surface area contributed by atoms with Crippen molar-refractivity contribution >= 4 is 22.0 Å². The molecule has 0 spiro atoms. The van der Waals surface area contributed by atoms with Gasteiger partial charge in [0.25, 0.3) is 0 Å². The molecule has 0 atom stereocenters. The third kappa shape index (κ3) is 3.00. The summed E-state index contributed by atoms with van der Waals surface area (Å²) >= 11 is 1.39. The number of ether oxygens (including phenoxy) is 2. The van der Waals surface area contributed by atoms with Crippen LogP contribution in [0.15, 0.2) is 0 Å². The number of anilines is 2. The molecule has 20 heavy (non-hydrogen) atoms. The van der Waals surface area contributed by atoms with E-state index in [9.17, 15) is 5.26 Å². The maximum Gasteiger partial charge on any atom is 0.178 e. The first-order valence-electron chi connectivity index (χ1n) is 6.72. The molecule has 0 saturated carbocycles. The standard InChI is InChI=1S/C14H21N3O2S/c1-9(2)19-12-11(16)10(7-15)20-13(12)17-5-6-18-14(3,4)8-17/h9H,5-6,8,16H2,1-4H3. The first-order chi connectivity index (χ1) is 9.34. The summed E-state index contributed by atoms with van der Waals surface area (Å²) in [4.78, 5) is 2.71. The highest BCUT2D eigenvalue weighted by Crippen LogP contribution is 2.46. The Morgan fingerprint density at radius 2 is 2.20 bits per heavy atom. The smallest absolute Gasteiger partial charge is 0.178 e. The van der Waals surface area contributed by atoms with Crippen LogP contribution < -0.4 is 15.4 Å². The van der Waals surface area contributed by atoms with Crippen LogP contribution in [0.25, 0.3) is 0 Å². The summed E-state index contributed by atoms with van der Waals surface area (Å²) in [6.07, 6.45) is 0.0197. The average Bonchev–Trinajstić information content (AvgIpc) is 2.65. The Balaban J connectivity index is 2.37. The lowest BCUT2D eigenvalue weighted by Gasteiger charge is -2.39. The number of hydrogen-bond donors (Lipinski definition) is 1. The van der Waals surface area contributed by atoms with Gasteiger partial charge in [0.15, 0.2) is 5.75 Å². The molecule has 0 aliphatic carbocycles. The van der Waals surface area contributed by atoms with Gasteiger partial charge in [-0.05, 0) is 27.7 Å². The van der Waals surface area contributed by atoms with Gasteiger partial charge in [-0.2, -0.15) is 5.26 Å². The Hall–Kier alpha value is -1.45. The van der Waals surface area contributed by atoms with E-state index in [4.69, 9.17) is 15.2 Å². The molecular weight excluding hydrogens is 274 g/mol. The molecular formula is C14H21N3O2S. The predicted molar refractivity (Wildman–Crippen MR) is 81.5 cm³/mol. The molecule has 0 unspecified atom stereocenters. The molecule has 1 aromatic rings. The summed E-state index contributed by atoms with van der Waals surface area (Å²) in [7, 11) is 0. The van der Waals surface area contributed by atoms with Gasteiger partial charge < -0.3 is 20.1 Å². The molecule has 1 aliphatic heterocycles. The topological polar surface area (TPSA) is 71.5 Å². The number of nitrogens with two attached hydrogens (primary N) is 1. The minimum absolute atomic E-state index is 0.0197. The van der Waals surface area contributed by atoms with Crippen LogP contribution in [-0.4, -0.2) is 31.4 Å². The average molecular weight is 295 g/mol. The molecule has 5 nitrogen and oxygen atoms in total. The normalized spacial score (nSPS) is 18.1. The van der Waals surface area contributed by atoms with Crippen molar-refractivity contribution in [2.45, 2.75) is 39.4 Å². The zero-order valence-corrected chi connectivity index (χ0v) is 13.2. The molecule has 2 heterocycles. The van der Waals surface area contributed by atoms with E-state index >= 15 is 0 Å². The summed E-state index contributed by atoms with van der Waals surface area (Å²) in [5, 5.41) is 10.1. The number of rotatable bonds is 3. The highest BCUT2D eigenvalue weighted by molar-refractivity contribution is 7.17. The molecule has 0 radical (unpaired) electrons. The number of nitrogens with zero attached hydrogens (tertiary/aromatic N) is 2. The highest BCUT2D eigenvalue weighted by Gasteiger charge is 2.31. The lowest BCUT2D eigenvalue weighted by Crippen LogP contribution is -2.48. The number of nitriles is 1. The van der Waals surface area contributed by atoms with Crippen LogP contribution in [0.2, 0.25) is 0 Å². The van der Waals surface area contributed by atoms with Crippen molar-refractivity contribution in [1.29, 1.82) is 5.26 Å². The van der Waals surface area contributed by atoms with Gasteiger partial charge >= 0.3 is 0 Å². The summed E-state index contributed by atoms with van der Waals surface area (Å²) in [5.74, 6) is 0.638. The SMILES string of the molecule is CC(C)Oc1c(N2CCOC(C)(C)C2)sc(C#N)c1N. The van der Waals surface area contributed by atoms with E-state index in [-0.39, 0.29) is 11.7 Å². The first kappa shape index (κ1) is 14.9. The Labute approximate surface area is 123 Å². The third-order valence-corrected chi connectivity index (χ3v) is 4.20. The fourth-order valence-corrected chi connectivity index (χ4v) is 3.22. The van der Waals surface area contributed by atoms with Crippen LogP contribution in [0.1, 0.15) is 32.6 Å². The van der Waals surface area contributed by atoms with Crippen LogP contribution >= 0.6 is 11.3 Å². The second-order valence-corrected chi connectivity index (χ2v) is 6.79. The zero-order valence-electron chi connectivity index (χ0n) is 12.4. The maximum absolute atomic E-state index is 9.17. The van der Waals surface area contributed by atoms with Crippen molar-refractivity contribution < 1.29 is 9.47 Å². The maximum atomic E-state index is 9.17. The van der Waals surface area contributed by atoms with Gasteiger partial charge in [-0.1, -0.05) is 0 Å². The van der Waals surface area contributed by atoms with E-state index < -0.39 is 0 Å². The zero-order chi connectivity index (χ0) is 14.9. The molecule has 1 aromatic heterocycles. The minimum Gasteiger partial charge on any atom is -0.486 e. The van der Waals surface area contributed by atoms with Crippen molar-refractivity contribution in [2.24, 2.45) is 0 Å². The molecule has 0 bridgehead atoms. The van der Waals surface area contributed by atoms with Gasteiger partial charge in [0.2, 0.25) is 0 Å². The van der Waals surface area contributed by atoms with Crippen LogP contribution in [0.5, 0.6) is 5.75 Å². The van der Waals surface area contributed by atoms with E-state index in [1.165, 1.54) is 11.3 Å². The largest absolute Gasteiger partial charge is 0.486 e. The molecule has 1 aliphatic rings. The van der Waals surface area contributed by atoms with Crippen molar-refractivity contribution in [3.8, 4) is 11.8 Å². The second-order valence-electron chi connectivity index (χ2n) is 5.79. The third-order valence-electron chi connectivity index (χ3n) is 3.05. The van der Waals surface area contributed by atoms with E-state index in [2.05, 4.69) is 24.8 Å². The summed E-state index contributed by atoms with van der Waals surface area (Å²) < 4.78 is 11.6. The fourth-order valence-electron chi connectivity index (χ4n) is 2.25. The number of thiophene rings is 1. The van der Waals surface area contributed by atoms with E-state index in [0.29, 0.717) is 22.9 Å². The van der Waals surface area contributed by atoms with Gasteiger partial charge in [0.05, 0.1) is 18.3 Å². The van der Waals surface area contributed by atoms with Crippen molar-refractivity contribution in [3.05, 3.63) is 4.88 Å². The molecule has 1 fully saturated rings. The molecule has 0 aromatic carbocycles. The Morgan fingerprint density at radius 3 is 2.75 bits per heavy atom. The van der Waals surface area contributed by atoms with Gasteiger partial charge in [0.1, 0.15) is 21.6 Å². The summed E-state index contributed by atoms with van der Waals surface area (Å²) in [6.45, 7) is 10.2. The Bertz CT molecular complexity index is 531. The number of hydrogen-bond acceptors (Lipinski definition) is 6. The molecule has 2 rings (SSSR count). The molecule has 110 valence electrons. The fraction of sp³-hybridized carbons (Fsp3) is 0.643.